The molecule has 94 valence electrons. The molecule has 2 N–H and O–H groups in total. The summed E-state index contributed by atoms with van der Waals surface area (Å²) in [6, 6.07) is 11.4. The van der Waals surface area contributed by atoms with Crippen molar-refractivity contribution in [2.75, 3.05) is 0 Å². The molecule has 0 amide bonds. The fourth-order valence-electron chi connectivity index (χ4n) is 1.65. The molecule has 3 nitrogen and oxygen atoms in total. The highest BCUT2D eigenvalue weighted by molar-refractivity contribution is 7.89. The molecule has 0 bridgehead atoms. The molecule has 0 heterocycles. The van der Waals surface area contributed by atoms with Crippen molar-refractivity contribution >= 4 is 33.2 Å². The zero-order valence-electron chi connectivity index (χ0n) is 9.10. The third-order valence-corrected chi connectivity index (χ3v) is 4.22. The Labute approximate surface area is 115 Å². The van der Waals surface area contributed by atoms with Gasteiger partial charge >= 0.3 is 0 Å². The van der Waals surface area contributed by atoms with Gasteiger partial charge in [0.25, 0.3) is 0 Å². The molecule has 0 saturated heterocycles. The summed E-state index contributed by atoms with van der Waals surface area (Å²) in [5.74, 6) is 0. The van der Waals surface area contributed by atoms with Gasteiger partial charge in [0, 0.05) is 11.1 Å². The maximum absolute atomic E-state index is 11.5. The van der Waals surface area contributed by atoms with Crippen LogP contribution in [0.15, 0.2) is 47.4 Å². The van der Waals surface area contributed by atoms with Crippen LogP contribution in [0, 0.1) is 0 Å². The summed E-state index contributed by atoms with van der Waals surface area (Å²) < 4.78 is 23.0. The summed E-state index contributed by atoms with van der Waals surface area (Å²) in [5.41, 5.74) is 0.973. The Bertz CT molecular complexity index is 699. The van der Waals surface area contributed by atoms with E-state index in [9.17, 15) is 8.42 Å². The van der Waals surface area contributed by atoms with Crippen LogP contribution in [-0.4, -0.2) is 8.42 Å². The Morgan fingerprint density at radius 1 is 0.889 bits per heavy atom. The van der Waals surface area contributed by atoms with Gasteiger partial charge in [-0.1, -0.05) is 53.5 Å². The summed E-state index contributed by atoms with van der Waals surface area (Å²) in [4.78, 5) is 0.0224. The molecule has 0 spiro atoms. The van der Waals surface area contributed by atoms with E-state index in [1.165, 1.54) is 6.07 Å². The number of primary sulfonamides is 1. The van der Waals surface area contributed by atoms with Crippen LogP contribution in [0.2, 0.25) is 10.0 Å². The smallest absolute Gasteiger partial charge is 0.225 e. The molecule has 0 aliphatic heterocycles. The van der Waals surface area contributed by atoms with Crippen molar-refractivity contribution in [1.82, 2.24) is 0 Å². The maximum Gasteiger partial charge on any atom is 0.238 e. The predicted molar refractivity (Wildman–Crippen MR) is 73.3 cm³/mol. The van der Waals surface area contributed by atoms with Gasteiger partial charge in [-0.2, -0.15) is 0 Å². The van der Waals surface area contributed by atoms with Crippen LogP contribution in [-0.2, 0) is 10.0 Å². The highest BCUT2D eigenvalue weighted by Gasteiger charge is 2.17. The normalized spacial score (nSPS) is 11.5. The number of halogens is 2. The lowest BCUT2D eigenvalue weighted by Gasteiger charge is -2.10. The van der Waals surface area contributed by atoms with Crippen LogP contribution in [0.3, 0.4) is 0 Å². The van der Waals surface area contributed by atoms with Crippen LogP contribution >= 0.6 is 23.2 Å². The lowest BCUT2D eigenvalue weighted by molar-refractivity contribution is 0.598. The maximum atomic E-state index is 11.5. The first kappa shape index (κ1) is 13.4. The Kier molecular flexibility index (Phi) is 3.64. The molecular formula is C12H9Cl2NO2S. The number of rotatable bonds is 2. The second-order valence-electron chi connectivity index (χ2n) is 3.64. The van der Waals surface area contributed by atoms with Crippen LogP contribution in [0.1, 0.15) is 0 Å². The van der Waals surface area contributed by atoms with E-state index in [0.717, 1.165) is 0 Å². The minimum atomic E-state index is -3.81. The van der Waals surface area contributed by atoms with E-state index in [0.29, 0.717) is 21.2 Å². The van der Waals surface area contributed by atoms with Crippen LogP contribution in [0.5, 0.6) is 0 Å². The Morgan fingerprint density at radius 2 is 1.50 bits per heavy atom. The summed E-state index contributed by atoms with van der Waals surface area (Å²) in [6.07, 6.45) is 0. The molecule has 0 atom stereocenters. The molecule has 0 aliphatic carbocycles. The van der Waals surface area contributed by atoms with Gasteiger partial charge in [0.1, 0.15) is 0 Å². The molecule has 0 aromatic heterocycles. The molecule has 2 rings (SSSR count). The van der Waals surface area contributed by atoms with E-state index in [2.05, 4.69) is 0 Å². The molecule has 0 unspecified atom stereocenters. The number of benzene rings is 2. The lowest BCUT2D eigenvalue weighted by Crippen LogP contribution is -2.13. The van der Waals surface area contributed by atoms with Gasteiger partial charge in [0.15, 0.2) is 0 Å². The number of nitrogens with two attached hydrogens (primary N) is 1. The summed E-state index contributed by atoms with van der Waals surface area (Å²) in [5, 5.41) is 5.84. The monoisotopic (exact) mass is 301 g/mol. The molecule has 2 aromatic rings. The third-order valence-electron chi connectivity index (χ3n) is 2.44. The first-order valence-electron chi connectivity index (χ1n) is 4.97. The van der Waals surface area contributed by atoms with Gasteiger partial charge in [-0.3, -0.25) is 0 Å². The van der Waals surface area contributed by atoms with Crippen molar-refractivity contribution in [2.45, 2.75) is 4.90 Å². The minimum absolute atomic E-state index is 0.0224. The van der Waals surface area contributed by atoms with E-state index in [4.69, 9.17) is 28.3 Å². The van der Waals surface area contributed by atoms with Crippen LogP contribution in [0.25, 0.3) is 11.1 Å². The molecule has 18 heavy (non-hydrogen) atoms. The molecule has 0 aliphatic rings. The molecule has 0 fully saturated rings. The van der Waals surface area contributed by atoms with Crippen molar-refractivity contribution in [3.63, 3.8) is 0 Å². The Hall–Kier alpha value is -1.07. The predicted octanol–water partition coefficient (Wildman–Crippen LogP) is 3.31. The van der Waals surface area contributed by atoms with Gasteiger partial charge in [-0.05, 0) is 12.1 Å². The Morgan fingerprint density at radius 3 is 2.17 bits per heavy atom. The molecule has 2 aromatic carbocycles. The highest BCUT2D eigenvalue weighted by Crippen LogP contribution is 2.36. The third kappa shape index (κ3) is 2.52. The Balaban J connectivity index is 2.77. The minimum Gasteiger partial charge on any atom is -0.225 e. The van der Waals surface area contributed by atoms with Crippen molar-refractivity contribution in [1.29, 1.82) is 0 Å². The van der Waals surface area contributed by atoms with Crippen molar-refractivity contribution in [3.8, 4) is 11.1 Å². The van der Waals surface area contributed by atoms with Gasteiger partial charge in [-0.25, -0.2) is 13.6 Å². The number of hydrogen-bond acceptors (Lipinski definition) is 2. The average molecular weight is 302 g/mol. The van der Waals surface area contributed by atoms with Gasteiger partial charge < -0.3 is 0 Å². The molecule has 6 heteroatoms. The lowest BCUT2D eigenvalue weighted by atomic mass is 10.1. The zero-order valence-corrected chi connectivity index (χ0v) is 11.4. The van der Waals surface area contributed by atoms with Crippen molar-refractivity contribution in [2.24, 2.45) is 5.14 Å². The van der Waals surface area contributed by atoms with E-state index >= 15 is 0 Å². The molecule has 0 saturated carbocycles. The summed E-state index contributed by atoms with van der Waals surface area (Å²) in [7, 11) is -3.81. The van der Waals surface area contributed by atoms with Crippen LogP contribution < -0.4 is 5.14 Å². The number of hydrogen-bond donors (Lipinski definition) is 1. The van der Waals surface area contributed by atoms with Crippen molar-refractivity contribution < 1.29 is 8.42 Å². The van der Waals surface area contributed by atoms with Gasteiger partial charge in [0.2, 0.25) is 10.0 Å². The topological polar surface area (TPSA) is 60.2 Å². The van der Waals surface area contributed by atoms with Crippen LogP contribution in [0.4, 0.5) is 0 Å². The largest absolute Gasteiger partial charge is 0.238 e. The zero-order chi connectivity index (χ0) is 13.3. The van der Waals surface area contributed by atoms with Gasteiger partial charge in [0.05, 0.1) is 14.9 Å². The fraction of sp³-hybridized carbons (Fsp3) is 0. The van der Waals surface area contributed by atoms with E-state index in [1.54, 1.807) is 36.4 Å². The standard InChI is InChI=1S/C12H9Cl2NO2S/c13-10-6-3-5-9(12(10)14)8-4-1-2-7-11(8)18(15,16)17/h1-7H,(H2,15,16,17). The first-order chi connectivity index (χ1) is 8.41. The second-order valence-corrected chi connectivity index (χ2v) is 5.96. The average Bonchev–Trinajstić information content (AvgIpc) is 2.32. The first-order valence-corrected chi connectivity index (χ1v) is 7.27. The van der Waals surface area contributed by atoms with Gasteiger partial charge in [-0.15, -0.1) is 0 Å². The van der Waals surface area contributed by atoms with E-state index < -0.39 is 10.0 Å². The highest BCUT2D eigenvalue weighted by atomic mass is 35.5. The summed E-state index contributed by atoms with van der Waals surface area (Å²) in [6.45, 7) is 0. The van der Waals surface area contributed by atoms with E-state index in [1.807, 2.05) is 0 Å². The quantitative estimate of drug-likeness (QED) is 0.925. The SMILES string of the molecule is NS(=O)(=O)c1ccccc1-c1cccc(Cl)c1Cl. The summed E-state index contributed by atoms with van der Waals surface area (Å²) >= 11 is 12.0. The molecule has 0 radical (unpaired) electrons. The molecular weight excluding hydrogens is 293 g/mol. The second kappa shape index (κ2) is 4.90. The fourth-order valence-corrected chi connectivity index (χ4v) is 2.80. The van der Waals surface area contributed by atoms with Crippen molar-refractivity contribution in [3.05, 3.63) is 52.5 Å². The van der Waals surface area contributed by atoms with E-state index in [-0.39, 0.29) is 4.90 Å². The number of sulfonamides is 1.